The van der Waals surface area contributed by atoms with Crippen molar-refractivity contribution in [3.05, 3.63) is 28.8 Å². The van der Waals surface area contributed by atoms with Gasteiger partial charge in [0.1, 0.15) is 11.4 Å². The summed E-state index contributed by atoms with van der Waals surface area (Å²) >= 11 is 0. The standard InChI is InChI=1S/C51H97O4P/c1-9-11-13-15-17-19-21-23-25-27-29-31-33-35-37-39-41-51(55-56(53)54,45-43-46(49(3,4)5)48(52)47(44-45)50(6,7)8)42-40-38-36-34-32-30-28-26-24-22-20-18-16-14-12-10-2/h43-44,52-54H,9-42H2,1-8H3. The molecule has 330 valence electrons. The molecule has 0 atom stereocenters. The first-order valence-electron chi connectivity index (χ1n) is 24.5. The molecular formula is C51H97O4P. The highest BCUT2D eigenvalue weighted by atomic mass is 31.2. The Kier molecular flexibility index (Phi) is 30.6. The number of phenolic OH excluding ortho intramolecular Hbond substituents is 1. The van der Waals surface area contributed by atoms with E-state index in [2.05, 4.69) is 67.5 Å². The molecular weight excluding hydrogens is 708 g/mol. The second-order valence-corrected chi connectivity index (χ2v) is 20.6. The van der Waals surface area contributed by atoms with Gasteiger partial charge in [-0.05, 0) is 52.5 Å². The highest BCUT2D eigenvalue weighted by molar-refractivity contribution is 7.39. The van der Waals surface area contributed by atoms with E-state index in [-0.39, 0.29) is 10.8 Å². The van der Waals surface area contributed by atoms with Crippen molar-refractivity contribution >= 4 is 8.60 Å². The Hall–Kier alpha value is -0.670. The van der Waals surface area contributed by atoms with Crippen molar-refractivity contribution in [1.82, 2.24) is 0 Å². The number of hydrogen-bond acceptors (Lipinski definition) is 4. The molecule has 1 rings (SSSR count). The highest BCUT2D eigenvalue weighted by Crippen LogP contribution is 2.49. The molecule has 0 spiro atoms. The van der Waals surface area contributed by atoms with Crippen molar-refractivity contribution in [2.45, 2.75) is 290 Å². The Balaban J connectivity index is 2.75. The molecule has 0 saturated heterocycles. The van der Waals surface area contributed by atoms with Crippen LogP contribution >= 0.6 is 8.60 Å². The topological polar surface area (TPSA) is 69.9 Å². The Morgan fingerprint density at radius 1 is 0.411 bits per heavy atom. The molecule has 0 saturated carbocycles. The quantitative estimate of drug-likeness (QED) is 0.0463. The van der Waals surface area contributed by atoms with E-state index in [0.717, 1.165) is 55.2 Å². The first-order valence-corrected chi connectivity index (χ1v) is 25.7. The monoisotopic (exact) mass is 805 g/mol. The zero-order valence-electron chi connectivity index (χ0n) is 38.9. The summed E-state index contributed by atoms with van der Waals surface area (Å²) in [7, 11) is -2.55. The molecule has 0 amide bonds. The maximum atomic E-state index is 11.5. The van der Waals surface area contributed by atoms with Gasteiger partial charge in [0.2, 0.25) is 0 Å². The smallest absolute Gasteiger partial charge is 0.327 e. The van der Waals surface area contributed by atoms with Gasteiger partial charge in [-0.1, -0.05) is 261 Å². The molecule has 3 N–H and O–H groups in total. The van der Waals surface area contributed by atoms with Gasteiger partial charge < -0.3 is 19.4 Å². The SMILES string of the molecule is CCCCCCCCCCCCCCCCCCC(CCCCCCCCCCCCCCCCCC)(OP(O)O)c1cc(C(C)(C)C)c(O)c(C(C)(C)C)c1. The third-order valence-electron chi connectivity index (χ3n) is 12.4. The lowest BCUT2D eigenvalue weighted by molar-refractivity contribution is 0.0282. The molecule has 0 heterocycles. The van der Waals surface area contributed by atoms with Crippen LogP contribution in [0.2, 0.25) is 0 Å². The van der Waals surface area contributed by atoms with Gasteiger partial charge in [-0.2, -0.15) is 0 Å². The van der Waals surface area contributed by atoms with E-state index in [1.807, 2.05) is 0 Å². The molecule has 0 radical (unpaired) electrons. The fraction of sp³-hybridized carbons (Fsp3) is 0.882. The first kappa shape index (κ1) is 53.3. The summed E-state index contributed by atoms with van der Waals surface area (Å²) in [5, 5.41) is 11.5. The van der Waals surface area contributed by atoms with E-state index in [1.54, 1.807) is 0 Å². The maximum absolute atomic E-state index is 11.5. The average molecular weight is 805 g/mol. The third kappa shape index (κ3) is 25.1. The van der Waals surface area contributed by atoms with E-state index >= 15 is 0 Å². The minimum absolute atomic E-state index is 0.266. The molecule has 5 heteroatoms. The Bertz CT molecular complexity index is 984. The molecule has 0 aromatic heterocycles. The predicted octanol–water partition coefficient (Wildman–Crippen LogP) is 17.7. The molecule has 0 aliphatic carbocycles. The number of rotatable bonds is 37. The van der Waals surface area contributed by atoms with Crippen LogP contribution in [0.4, 0.5) is 0 Å². The highest BCUT2D eigenvalue weighted by Gasteiger charge is 2.38. The van der Waals surface area contributed by atoms with E-state index < -0.39 is 14.2 Å². The first-order chi connectivity index (χ1) is 26.8. The van der Waals surface area contributed by atoms with Crippen molar-refractivity contribution in [2.75, 3.05) is 0 Å². The van der Waals surface area contributed by atoms with Crippen molar-refractivity contribution in [2.24, 2.45) is 0 Å². The van der Waals surface area contributed by atoms with Crippen LogP contribution in [0.15, 0.2) is 12.1 Å². The minimum Gasteiger partial charge on any atom is -0.507 e. The van der Waals surface area contributed by atoms with Crippen molar-refractivity contribution < 1.29 is 19.4 Å². The van der Waals surface area contributed by atoms with E-state index in [0.29, 0.717) is 5.75 Å². The van der Waals surface area contributed by atoms with Crippen LogP contribution in [-0.4, -0.2) is 14.9 Å². The lowest BCUT2D eigenvalue weighted by atomic mass is 9.74. The molecule has 56 heavy (non-hydrogen) atoms. The fourth-order valence-electron chi connectivity index (χ4n) is 8.67. The molecule has 0 bridgehead atoms. The van der Waals surface area contributed by atoms with Crippen molar-refractivity contribution in [3.8, 4) is 5.75 Å². The largest absolute Gasteiger partial charge is 0.507 e. The van der Waals surface area contributed by atoms with Crippen LogP contribution < -0.4 is 0 Å². The van der Waals surface area contributed by atoms with Crippen LogP contribution in [0.25, 0.3) is 0 Å². The maximum Gasteiger partial charge on any atom is 0.327 e. The van der Waals surface area contributed by atoms with Crippen LogP contribution in [0.5, 0.6) is 5.75 Å². The number of hydrogen-bond donors (Lipinski definition) is 3. The summed E-state index contributed by atoms with van der Waals surface area (Å²) in [5.74, 6) is 0.364. The van der Waals surface area contributed by atoms with Crippen LogP contribution in [0.1, 0.15) is 290 Å². The minimum atomic E-state index is -2.55. The second kappa shape index (κ2) is 32.1. The predicted molar refractivity (Wildman–Crippen MR) is 248 cm³/mol. The molecule has 0 aliphatic rings. The van der Waals surface area contributed by atoms with Crippen molar-refractivity contribution in [1.29, 1.82) is 0 Å². The zero-order valence-corrected chi connectivity index (χ0v) is 39.8. The van der Waals surface area contributed by atoms with Crippen LogP contribution in [0.3, 0.4) is 0 Å². The van der Waals surface area contributed by atoms with Gasteiger partial charge in [-0.25, -0.2) is 0 Å². The average Bonchev–Trinajstić information content (AvgIpc) is 3.13. The lowest BCUT2D eigenvalue weighted by Crippen LogP contribution is -2.30. The molecule has 0 unspecified atom stereocenters. The summed E-state index contributed by atoms with van der Waals surface area (Å²) in [5.41, 5.74) is 1.51. The number of aromatic hydroxyl groups is 1. The summed E-state index contributed by atoms with van der Waals surface area (Å²) in [6.07, 6.45) is 44.1. The van der Waals surface area contributed by atoms with E-state index in [1.165, 1.54) is 180 Å². The Labute approximate surface area is 351 Å². The number of benzene rings is 1. The summed E-state index contributed by atoms with van der Waals surface area (Å²) in [6.45, 7) is 17.5. The van der Waals surface area contributed by atoms with Gasteiger partial charge in [0, 0.05) is 0 Å². The number of unbranched alkanes of at least 4 members (excludes halogenated alkanes) is 30. The van der Waals surface area contributed by atoms with Gasteiger partial charge in [-0.15, -0.1) is 0 Å². The van der Waals surface area contributed by atoms with Crippen LogP contribution in [-0.2, 0) is 21.0 Å². The van der Waals surface area contributed by atoms with Gasteiger partial charge in [0.25, 0.3) is 0 Å². The van der Waals surface area contributed by atoms with Gasteiger partial charge >= 0.3 is 8.60 Å². The normalized spacial score (nSPS) is 12.7. The van der Waals surface area contributed by atoms with E-state index in [4.69, 9.17) is 4.52 Å². The lowest BCUT2D eigenvalue weighted by Gasteiger charge is -2.37. The van der Waals surface area contributed by atoms with E-state index in [9.17, 15) is 14.9 Å². The van der Waals surface area contributed by atoms with Gasteiger partial charge in [0.15, 0.2) is 0 Å². The Morgan fingerprint density at radius 2 is 0.643 bits per heavy atom. The van der Waals surface area contributed by atoms with Gasteiger partial charge in [-0.3, -0.25) is 0 Å². The summed E-state index contributed by atoms with van der Waals surface area (Å²) < 4.78 is 6.34. The molecule has 4 nitrogen and oxygen atoms in total. The summed E-state index contributed by atoms with van der Waals surface area (Å²) in [6, 6.07) is 4.25. The second-order valence-electron chi connectivity index (χ2n) is 19.9. The number of phenols is 1. The summed E-state index contributed by atoms with van der Waals surface area (Å²) in [4.78, 5) is 21.0. The third-order valence-corrected chi connectivity index (χ3v) is 12.9. The molecule has 0 aliphatic heterocycles. The van der Waals surface area contributed by atoms with Crippen molar-refractivity contribution in [3.63, 3.8) is 0 Å². The fourth-order valence-corrected chi connectivity index (χ4v) is 9.27. The molecule has 0 fully saturated rings. The zero-order chi connectivity index (χ0) is 41.5. The molecule has 1 aromatic rings. The Morgan fingerprint density at radius 3 is 0.857 bits per heavy atom. The van der Waals surface area contributed by atoms with Crippen LogP contribution in [0, 0.1) is 0 Å². The van der Waals surface area contributed by atoms with Gasteiger partial charge in [0.05, 0.1) is 0 Å². The molecule has 1 aromatic carbocycles.